The van der Waals surface area contributed by atoms with Gasteiger partial charge in [-0.25, -0.2) is 4.98 Å². The highest BCUT2D eigenvalue weighted by Crippen LogP contribution is 2.23. The fourth-order valence-electron chi connectivity index (χ4n) is 3.04. The minimum Gasteiger partial charge on any atom is -0.497 e. The highest BCUT2D eigenvalue weighted by atomic mass is 32.2. The summed E-state index contributed by atoms with van der Waals surface area (Å²) in [5, 5.41) is 11.9. The number of carbonyl (C=O) groups is 1. The van der Waals surface area contributed by atoms with Crippen LogP contribution in [0.5, 0.6) is 5.75 Å². The summed E-state index contributed by atoms with van der Waals surface area (Å²) in [6.45, 7) is 0.546. The average Bonchev–Trinajstić information content (AvgIpc) is 3.47. The summed E-state index contributed by atoms with van der Waals surface area (Å²) in [5.74, 6) is 1.82. The molecule has 0 saturated heterocycles. The van der Waals surface area contributed by atoms with Crippen LogP contribution in [0.4, 0.5) is 0 Å². The first-order chi connectivity index (χ1) is 15.1. The third-order valence-electron chi connectivity index (χ3n) is 4.71. The van der Waals surface area contributed by atoms with E-state index in [0.717, 1.165) is 27.0 Å². The summed E-state index contributed by atoms with van der Waals surface area (Å²) >= 11 is 2.99. The Morgan fingerprint density at radius 3 is 2.84 bits per heavy atom. The van der Waals surface area contributed by atoms with Crippen molar-refractivity contribution in [3.8, 4) is 5.75 Å². The molecule has 2 aromatic carbocycles. The Morgan fingerprint density at radius 2 is 2.03 bits per heavy atom. The molecule has 0 bridgehead atoms. The molecular weight excluding hydrogens is 428 g/mol. The number of benzene rings is 2. The van der Waals surface area contributed by atoms with E-state index in [2.05, 4.69) is 27.3 Å². The number of aromatic amines is 1. The summed E-state index contributed by atoms with van der Waals surface area (Å²) in [6, 6.07) is 16.2. The van der Waals surface area contributed by atoms with E-state index in [-0.39, 0.29) is 11.7 Å². The Kier molecular flexibility index (Phi) is 6.69. The first kappa shape index (κ1) is 21.1. The van der Waals surface area contributed by atoms with Gasteiger partial charge in [-0.05, 0) is 58.1 Å². The average molecular weight is 451 g/mol. The Morgan fingerprint density at radius 1 is 1.19 bits per heavy atom. The van der Waals surface area contributed by atoms with Crippen LogP contribution in [0.3, 0.4) is 0 Å². The zero-order valence-corrected chi connectivity index (χ0v) is 18.9. The standard InChI is InChI=1S/C23H22N4O2S2/c1-27(14-16-5-6-18-13-19(29-2)8-7-17(18)12-16)22(28)15-31-23-24-21(25-26-23)10-9-20-4-3-11-30-20/h3-13H,14-15H2,1-2H3,(H,24,25,26)/b10-9+. The number of aromatic nitrogens is 3. The molecule has 0 aliphatic rings. The van der Waals surface area contributed by atoms with Crippen LogP contribution in [0.15, 0.2) is 59.1 Å². The summed E-state index contributed by atoms with van der Waals surface area (Å²) in [6.07, 6.45) is 3.87. The topological polar surface area (TPSA) is 71.1 Å². The van der Waals surface area contributed by atoms with Crippen molar-refractivity contribution in [3.05, 3.63) is 70.2 Å². The van der Waals surface area contributed by atoms with E-state index in [4.69, 9.17) is 4.74 Å². The number of carbonyl (C=O) groups excluding carboxylic acids is 1. The van der Waals surface area contributed by atoms with Gasteiger partial charge in [0.15, 0.2) is 0 Å². The smallest absolute Gasteiger partial charge is 0.233 e. The van der Waals surface area contributed by atoms with Crippen LogP contribution >= 0.6 is 23.1 Å². The molecule has 0 fully saturated rings. The van der Waals surface area contributed by atoms with Gasteiger partial charge in [-0.15, -0.1) is 16.4 Å². The molecule has 2 aromatic heterocycles. The molecule has 0 unspecified atom stereocenters. The number of nitrogens with zero attached hydrogens (tertiary/aromatic N) is 3. The van der Waals surface area contributed by atoms with Gasteiger partial charge in [-0.3, -0.25) is 9.89 Å². The maximum absolute atomic E-state index is 12.6. The van der Waals surface area contributed by atoms with Crippen LogP contribution < -0.4 is 4.74 Å². The van der Waals surface area contributed by atoms with Crippen LogP contribution in [0.1, 0.15) is 16.3 Å². The maximum atomic E-state index is 12.6. The zero-order chi connectivity index (χ0) is 21.6. The predicted octanol–water partition coefficient (Wildman–Crippen LogP) is 4.95. The molecule has 0 saturated carbocycles. The lowest BCUT2D eigenvalue weighted by Crippen LogP contribution is -2.27. The number of nitrogens with one attached hydrogen (secondary N) is 1. The normalized spacial score (nSPS) is 11.3. The number of methoxy groups -OCH3 is 1. The minimum absolute atomic E-state index is 0.0281. The number of hydrogen-bond acceptors (Lipinski definition) is 6. The van der Waals surface area contributed by atoms with E-state index in [1.807, 2.05) is 61.0 Å². The van der Waals surface area contributed by atoms with E-state index in [1.165, 1.54) is 11.8 Å². The highest BCUT2D eigenvalue weighted by molar-refractivity contribution is 7.99. The van der Waals surface area contributed by atoms with E-state index in [9.17, 15) is 4.79 Å². The van der Waals surface area contributed by atoms with Crippen molar-refractivity contribution < 1.29 is 9.53 Å². The van der Waals surface area contributed by atoms with Gasteiger partial charge in [0.05, 0.1) is 12.9 Å². The summed E-state index contributed by atoms with van der Waals surface area (Å²) in [7, 11) is 3.48. The molecule has 1 amide bonds. The molecule has 4 aromatic rings. The van der Waals surface area contributed by atoms with Crippen molar-refractivity contribution in [2.24, 2.45) is 0 Å². The van der Waals surface area contributed by atoms with Gasteiger partial charge in [-0.2, -0.15) is 0 Å². The van der Waals surface area contributed by atoms with Crippen LogP contribution in [0, 0.1) is 0 Å². The molecule has 0 aliphatic carbocycles. The molecule has 2 heterocycles. The van der Waals surface area contributed by atoms with Gasteiger partial charge in [0.1, 0.15) is 11.6 Å². The van der Waals surface area contributed by atoms with E-state index in [0.29, 0.717) is 17.5 Å². The Hall–Kier alpha value is -3.10. The molecule has 0 spiro atoms. The largest absolute Gasteiger partial charge is 0.497 e. The van der Waals surface area contributed by atoms with Gasteiger partial charge in [-0.1, -0.05) is 36.0 Å². The number of thioether (sulfide) groups is 1. The molecule has 0 aliphatic heterocycles. The third-order valence-corrected chi connectivity index (χ3v) is 6.38. The number of rotatable bonds is 8. The number of amides is 1. The van der Waals surface area contributed by atoms with Crippen LogP contribution in [0.25, 0.3) is 22.9 Å². The lowest BCUT2D eigenvalue weighted by Gasteiger charge is -2.17. The second-order valence-electron chi connectivity index (χ2n) is 6.94. The second kappa shape index (κ2) is 9.80. The number of fused-ring (bicyclic) bond motifs is 1. The molecule has 6 nitrogen and oxygen atoms in total. The minimum atomic E-state index is 0.0281. The van der Waals surface area contributed by atoms with Crippen molar-refractivity contribution in [2.45, 2.75) is 11.7 Å². The number of ether oxygens (including phenoxy) is 1. The van der Waals surface area contributed by atoms with Gasteiger partial charge >= 0.3 is 0 Å². The molecule has 4 rings (SSSR count). The van der Waals surface area contributed by atoms with Crippen LogP contribution in [-0.4, -0.2) is 45.9 Å². The summed E-state index contributed by atoms with van der Waals surface area (Å²) < 4.78 is 5.27. The SMILES string of the molecule is COc1ccc2cc(CN(C)C(=O)CSc3n[nH]c(/C=C/c4cccs4)n3)ccc2c1. The highest BCUT2D eigenvalue weighted by Gasteiger charge is 2.12. The third kappa shape index (κ3) is 5.53. The van der Waals surface area contributed by atoms with Crippen LogP contribution in [-0.2, 0) is 11.3 Å². The predicted molar refractivity (Wildman–Crippen MR) is 127 cm³/mol. The fourth-order valence-corrected chi connectivity index (χ4v) is 4.41. The molecular formula is C23H22N4O2S2. The van der Waals surface area contributed by atoms with Crippen LogP contribution in [0.2, 0.25) is 0 Å². The quantitative estimate of drug-likeness (QED) is 0.385. The van der Waals surface area contributed by atoms with Crippen molar-refractivity contribution in [1.82, 2.24) is 20.1 Å². The van der Waals surface area contributed by atoms with Crippen molar-refractivity contribution in [2.75, 3.05) is 19.9 Å². The zero-order valence-electron chi connectivity index (χ0n) is 17.2. The van der Waals surface area contributed by atoms with Crippen molar-refractivity contribution in [1.29, 1.82) is 0 Å². The Bertz CT molecular complexity index is 1200. The fraction of sp³-hybridized carbons (Fsp3) is 0.174. The van der Waals surface area contributed by atoms with Gasteiger partial charge in [0, 0.05) is 18.5 Å². The van der Waals surface area contributed by atoms with E-state index >= 15 is 0 Å². The Balaban J connectivity index is 1.31. The van der Waals surface area contributed by atoms with Gasteiger partial charge < -0.3 is 9.64 Å². The van der Waals surface area contributed by atoms with Crippen molar-refractivity contribution in [3.63, 3.8) is 0 Å². The van der Waals surface area contributed by atoms with Gasteiger partial charge in [0.2, 0.25) is 11.1 Å². The number of H-pyrrole nitrogens is 1. The summed E-state index contributed by atoms with van der Waals surface area (Å²) in [4.78, 5) is 19.8. The second-order valence-corrected chi connectivity index (χ2v) is 8.86. The molecule has 1 N–H and O–H groups in total. The lowest BCUT2D eigenvalue weighted by atomic mass is 10.1. The molecule has 8 heteroatoms. The first-order valence-electron chi connectivity index (χ1n) is 9.68. The lowest BCUT2D eigenvalue weighted by molar-refractivity contribution is -0.127. The Labute approximate surface area is 189 Å². The van der Waals surface area contributed by atoms with Gasteiger partial charge in [0.25, 0.3) is 0 Å². The first-order valence-corrected chi connectivity index (χ1v) is 11.5. The summed E-state index contributed by atoms with van der Waals surface area (Å²) in [5.41, 5.74) is 1.08. The van der Waals surface area contributed by atoms with Crippen molar-refractivity contribution >= 4 is 51.9 Å². The molecule has 158 valence electrons. The molecule has 0 atom stereocenters. The molecule has 0 radical (unpaired) electrons. The number of hydrogen-bond donors (Lipinski definition) is 1. The van der Waals surface area contributed by atoms with E-state index < -0.39 is 0 Å². The maximum Gasteiger partial charge on any atom is 0.233 e. The monoisotopic (exact) mass is 450 g/mol. The number of thiophene rings is 1. The van der Waals surface area contributed by atoms with E-state index in [1.54, 1.807) is 23.3 Å². The molecule has 31 heavy (non-hydrogen) atoms.